The Morgan fingerprint density at radius 3 is 2.24 bits per heavy atom. The molecule has 0 bridgehead atoms. The molecule has 1 aliphatic rings. The normalized spacial score (nSPS) is 14.8. The van der Waals surface area contributed by atoms with Crippen LogP contribution < -0.4 is 0 Å². The van der Waals surface area contributed by atoms with Crippen molar-refractivity contribution in [3.63, 3.8) is 0 Å². The molecule has 1 amide bonds. The number of hydrogen-bond acceptors (Lipinski definition) is 6. The third-order valence-electron chi connectivity index (χ3n) is 9.11. The van der Waals surface area contributed by atoms with E-state index in [1.807, 2.05) is 73.7 Å². The van der Waals surface area contributed by atoms with Gasteiger partial charge in [0.25, 0.3) is 5.91 Å². The standard InChI is InChI=1S/C42H44FN3O4/c1-6-11-32(42(49)50-26-7-2)12-10-21-45-22-24-46(25-23-45)29(3)34-20-19-33(27-39(34)43)30-15-17-31(18-16-30)37-28-38(41(48)44(4)5)40(47)36-14-9-8-13-35(36)37/h6-20,27-29,47H,1-2,21-26H2,3-5H3/b12-10-,32-11+. The van der Waals surface area contributed by atoms with Crippen LogP contribution in [-0.4, -0.2) is 85.1 Å². The number of esters is 1. The Labute approximate surface area is 293 Å². The number of allylic oxidation sites excluding steroid dienone is 2. The molecule has 7 nitrogen and oxygen atoms in total. The van der Waals surface area contributed by atoms with E-state index in [1.54, 1.807) is 44.5 Å². The van der Waals surface area contributed by atoms with Crippen LogP contribution in [-0.2, 0) is 9.53 Å². The fourth-order valence-corrected chi connectivity index (χ4v) is 6.29. The lowest BCUT2D eigenvalue weighted by Gasteiger charge is -2.38. The zero-order chi connectivity index (χ0) is 35.8. The number of benzene rings is 4. The predicted molar refractivity (Wildman–Crippen MR) is 199 cm³/mol. The van der Waals surface area contributed by atoms with E-state index < -0.39 is 5.97 Å². The molecule has 1 atom stereocenters. The Balaban J connectivity index is 1.25. The summed E-state index contributed by atoms with van der Waals surface area (Å²) in [5.74, 6) is -0.970. The van der Waals surface area contributed by atoms with Gasteiger partial charge in [0.15, 0.2) is 0 Å². The maximum Gasteiger partial charge on any atom is 0.338 e. The Hall–Kier alpha value is -5.31. The summed E-state index contributed by atoms with van der Waals surface area (Å²) in [5, 5.41) is 12.4. The second kappa shape index (κ2) is 16.4. The molecule has 1 unspecified atom stereocenters. The highest BCUT2D eigenvalue weighted by Gasteiger charge is 2.24. The minimum atomic E-state index is -0.416. The first-order valence-corrected chi connectivity index (χ1v) is 16.7. The quantitative estimate of drug-likeness (QED) is 0.0717. The number of fused-ring (bicyclic) bond motifs is 1. The van der Waals surface area contributed by atoms with Crippen LogP contribution in [0.3, 0.4) is 0 Å². The van der Waals surface area contributed by atoms with Crippen LogP contribution in [0.25, 0.3) is 33.0 Å². The molecule has 4 aromatic rings. The molecule has 0 radical (unpaired) electrons. The summed E-state index contributed by atoms with van der Waals surface area (Å²) in [7, 11) is 3.32. The number of rotatable bonds is 12. The lowest BCUT2D eigenvalue weighted by molar-refractivity contribution is -0.137. The first-order chi connectivity index (χ1) is 24.1. The minimum Gasteiger partial charge on any atom is -0.506 e. The third kappa shape index (κ3) is 8.10. The van der Waals surface area contributed by atoms with Gasteiger partial charge < -0.3 is 14.7 Å². The van der Waals surface area contributed by atoms with Gasteiger partial charge in [-0.3, -0.25) is 14.6 Å². The molecule has 8 heteroatoms. The van der Waals surface area contributed by atoms with Gasteiger partial charge in [-0.15, -0.1) is 0 Å². The minimum absolute atomic E-state index is 0.0325. The molecule has 1 fully saturated rings. The summed E-state index contributed by atoms with van der Waals surface area (Å²) in [4.78, 5) is 31.1. The molecule has 1 N–H and O–H groups in total. The first kappa shape index (κ1) is 36.0. The number of carbonyl (C=O) groups is 2. The highest BCUT2D eigenvalue weighted by Crippen LogP contribution is 2.38. The Morgan fingerprint density at radius 2 is 1.60 bits per heavy atom. The van der Waals surface area contributed by atoms with E-state index in [1.165, 1.54) is 11.0 Å². The zero-order valence-corrected chi connectivity index (χ0v) is 28.9. The number of carbonyl (C=O) groups excluding carboxylic acids is 2. The highest BCUT2D eigenvalue weighted by molar-refractivity contribution is 6.09. The summed E-state index contributed by atoms with van der Waals surface area (Å²) in [6.45, 7) is 13.4. The van der Waals surface area contributed by atoms with Crippen molar-refractivity contribution >= 4 is 22.6 Å². The topological polar surface area (TPSA) is 73.3 Å². The summed E-state index contributed by atoms with van der Waals surface area (Å²) >= 11 is 0. The average Bonchev–Trinajstić information content (AvgIpc) is 3.13. The monoisotopic (exact) mass is 673 g/mol. The number of halogens is 1. The summed E-state index contributed by atoms with van der Waals surface area (Å²) in [6.07, 6.45) is 8.42. The smallest absolute Gasteiger partial charge is 0.338 e. The first-order valence-electron chi connectivity index (χ1n) is 16.7. The molecule has 0 saturated carbocycles. The van der Waals surface area contributed by atoms with Crippen molar-refractivity contribution in [1.82, 2.24) is 14.7 Å². The number of phenolic OH excluding ortho intramolecular Hbond substituents is 1. The maximum atomic E-state index is 15.6. The summed E-state index contributed by atoms with van der Waals surface area (Å²) in [6, 6.07) is 22.4. The van der Waals surface area contributed by atoms with E-state index in [-0.39, 0.29) is 35.7 Å². The molecule has 4 aromatic carbocycles. The molecule has 1 heterocycles. The molecular formula is C42H44FN3O4. The molecule has 258 valence electrons. The van der Waals surface area contributed by atoms with E-state index in [9.17, 15) is 14.7 Å². The second-order valence-electron chi connectivity index (χ2n) is 12.5. The molecule has 0 spiro atoms. The molecule has 0 aliphatic carbocycles. The number of hydrogen-bond donors (Lipinski definition) is 1. The van der Waals surface area contributed by atoms with Crippen molar-refractivity contribution in [2.45, 2.75) is 13.0 Å². The van der Waals surface area contributed by atoms with Crippen molar-refractivity contribution < 1.29 is 23.8 Å². The van der Waals surface area contributed by atoms with Crippen molar-refractivity contribution in [2.75, 3.05) is 53.4 Å². The number of ether oxygens (including phenoxy) is 1. The highest BCUT2D eigenvalue weighted by atomic mass is 19.1. The molecule has 5 rings (SSSR count). The fourth-order valence-electron chi connectivity index (χ4n) is 6.29. The Morgan fingerprint density at radius 1 is 0.940 bits per heavy atom. The predicted octanol–water partition coefficient (Wildman–Crippen LogP) is 7.80. The lowest BCUT2D eigenvalue weighted by Crippen LogP contribution is -2.47. The number of piperazine rings is 1. The van der Waals surface area contributed by atoms with Gasteiger partial charge in [0.05, 0.1) is 11.1 Å². The van der Waals surface area contributed by atoms with Crippen LogP contribution in [0.15, 0.2) is 122 Å². The van der Waals surface area contributed by atoms with Crippen molar-refractivity contribution in [2.24, 2.45) is 0 Å². The largest absolute Gasteiger partial charge is 0.506 e. The van der Waals surface area contributed by atoms with Crippen LogP contribution >= 0.6 is 0 Å². The van der Waals surface area contributed by atoms with Gasteiger partial charge in [-0.05, 0) is 52.8 Å². The molecule has 1 aliphatic heterocycles. The molecule has 0 aromatic heterocycles. The van der Waals surface area contributed by atoms with Gasteiger partial charge >= 0.3 is 5.97 Å². The van der Waals surface area contributed by atoms with Gasteiger partial charge in [0.2, 0.25) is 0 Å². The average molecular weight is 674 g/mol. The fraction of sp³-hybridized carbons (Fsp3) is 0.238. The molecule has 1 saturated heterocycles. The van der Waals surface area contributed by atoms with Crippen molar-refractivity contribution in [3.05, 3.63) is 139 Å². The van der Waals surface area contributed by atoms with Crippen molar-refractivity contribution in [3.8, 4) is 28.0 Å². The summed E-state index contributed by atoms with van der Waals surface area (Å²) in [5.41, 5.74) is 4.70. The van der Waals surface area contributed by atoms with E-state index in [2.05, 4.69) is 23.0 Å². The van der Waals surface area contributed by atoms with Gasteiger partial charge in [-0.2, -0.15) is 0 Å². The Kier molecular flexibility index (Phi) is 11.8. The lowest BCUT2D eigenvalue weighted by atomic mass is 9.92. The second-order valence-corrected chi connectivity index (χ2v) is 12.5. The number of nitrogens with zero attached hydrogens (tertiary/aromatic N) is 3. The zero-order valence-electron chi connectivity index (χ0n) is 28.9. The van der Waals surface area contributed by atoms with Crippen LogP contribution in [0.5, 0.6) is 5.75 Å². The Bertz CT molecular complexity index is 1940. The van der Waals surface area contributed by atoms with Crippen LogP contribution in [0.4, 0.5) is 4.39 Å². The molecular weight excluding hydrogens is 629 g/mol. The van der Waals surface area contributed by atoms with Crippen molar-refractivity contribution in [1.29, 1.82) is 0 Å². The number of aromatic hydroxyl groups is 1. The van der Waals surface area contributed by atoms with Gasteiger partial charge in [-0.1, -0.05) is 98.1 Å². The maximum absolute atomic E-state index is 15.6. The summed E-state index contributed by atoms with van der Waals surface area (Å²) < 4.78 is 20.8. The van der Waals surface area contributed by atoms with Crippen LogP contribution in [0, 0.1) is 5.82 Å². The third-order valence-corrected chi connectivity index (χ3v) is 9.11. The van der Waals surface area contributed by atoms with E-state index in [0.717, 1.165) is 53.8 Å². The van der Waals surface area contributed by atoms with E-state index in [0.29, 0.717) is 23.1 Å². The van der Waals surface area contributed by atoms with Gasteiger partial charge in [-0.25, -0.2) is 9.18 Å². The van der Waals surface area contributed by atoms with E-state index >= 15 is 4.39 Å². The van der Waals surface area contributed by atoms with Gasteiger partial charge in [0, 0.05) is 63.8 Å². The number of amides is 1. The van der Waals surface area contributed by atoms with E-state index in [4.69, 9.17) is 4.74 Å². The SMILES string of the molecule is C=C/C=C(\C=C/CN1CCN(C(C)c2ccc(-c3ccc(-c4cc(C(=O)N(C)C)c(O)c5ccccc45)cc3)cc2F)CC1)C(=O)OCC=C. The molecule has 50 heavy (non-hydrogen) atoms. The number of phenols is 1. The van der Waals surface area contributed by atoms with Crippen LogP contribution in [0.1, 0.15) is 28.9 Å². The van der Waals surface area contributed by atoms with Gasteiger partial charge in [0.1, 0.15) is 18.2 Å². The van der Waals surface area contributed by atoms with Crippen LogP contribution in [0.2, 0.25) is 0 Å².